The Balaban J connectivity index is 2.55. The van der Waals surface area contributed by atoms with Crippen LogP contribution in [-0.4, -0.2) is 47.3 Å². The smallest absolute Gasteiger partial charge is 0.225 e. The number of hydrogen-bond donors (Lipinski definition) is 0. The first-order chi connectivity index (χ1) is 7.73. The molecule has 1 aliphatic rings. The van der Waals surface area contributed by atoms with Crippen molar-refractivity contribution >= 4 is 11.8 Å². The van der Waals surface area contributed by atoms with Crippen LogP contribution in [-0.2, 0) is 9.59 Å². The summed E-state index contributed by atoms with van der Waals surface area (Å²) in [5.41, 5.74) is -0.130. The van der Waals surface area contributed by atoms with Gasteiger partial charge in [0.2, 0.25) is 11.8 Å². The van der Waals surface area contributed by atoms with Crippen molar-refractivity contribution in [2.45, 2.75) is 46.1 Å². The van der Waals surface area contributed by atoms with E-state index in [-0.39, 0.29) is 23.3 Å². The minimum absolute atomic E-state index is 0.0785. The lowest BCUT2D eigenvalue weighted by Crippen LogP contribution is -2.48. The highest BCUT2D eigenvalue weighted by Gasteiger charge is 2.31. The van der Waals surface area contributed by atoms with Crippen LogP contribution in [0.4, 0.5) is 0 Å². The van der Waals surface area contributed by atoms with Gasteiger partial charge in [-0.1, -0.05) is 0 Å². The lowest BCUT2D eigenvalue weighted by Gasteiger charge is -2.37. The fourth-order valence-corrected chi connectivity index (χ4v) is 2.05. The highest BCUT2D eigenvalue weighted by molar-refractivity contribution is 5.80. The molecule has 1 aliphatic heterocycles. The molecule has 1 rings (SSSR count). The zero-order valence-corrected chi connectivity index (χ0v) is 11.6. The van der Waals surface area contributed by atoms with Crippen molar-refractivity contribution in [2.24, 2.45) is 5.92 Å². The van der Waals surface area contributed by atoms with Gasteiger partial charge in [0.05, 0.1) is 0 Å². The van der Waals surface area contributed by atoms with Crippen LogP contribution in [0.3, 0.4) is 0 Å². The summed E-state index contributed by atoms with van der Waals surface area (Å²) in [5, 5.41) is 0. The molecule has 17 heavy (non-hydrogen) atoms. The fourth-order valence-electron chi connectivity index (χ4n) is 2.05. The third kappa shape index (κ3) is 3.45. The van der Waals surface area contributed by atoms with E-state index < -0.39 is 0 Å². The van der Waals surface area contributed by atoms with E-state index in [2.05, 4.69) is 0 Å². The first-order valence-corrected chi connectivity index (χ1v) is 6.26. The first-order valence-electron chi connectivity index (χ1n) is 6.26. The molecule has 0 unspecified atom stereocenters. The zero-order chi connectivity index (χ0) is 13.2. The van der Waals surface area contributed by atoms with E-state index in [9.17, 15) is 9.59 Å². The molecule has 4 heteroatoms. The molecule has 2 amide bonds. The SMILES string of the molecule is CC(=O)N1CCC(C(=O)N(C)C(C)(C)C)CC1. The van der Waals surface area contributed by atoms with Crippen LogP contribution in [0.1, 0.15) is 40.5 Å². The van der Waals surface area contributed by atoms with Crippen LogP contribution < -0.4 is 0 Å². The maximum Gasteiger partial charge on any atom is 0.225 e. The Morgan fingerprint density at radius 2 is 1.65 bits per heavy atom. The summed E-state index contributed by atoms with van der Waals surface area (Å²) in [6.45, 7) is 9.12. The number of hydrogen-bond acceptors (Lipinski definition) is 2. The van der Waals surface area contributed by atoms with Gasteiger partial charge in [-0.05, 0) is 33.6 Å². The monoisotopic (exact) mass is 240 g/mol. The number of amides is 2. The molecule has 0 bridgehead atoms. The molecule has 0 atom stereocenters. The van der Waals surface area contributed by atoms with Crippen molar-refractivity contribution in [3.8, 4) is 0 Å². The Hall–Kier alpha value is -1.06. The van der Waals surface area contributed by atoms with Crippen LogP contribution in [0, 0.1) is 5.92 Å². The molecule has 98 valence electrons. The number of likely N-dealkylation sites (tertiary alicyclic amines) is 1. The highest BCUT2D eigenvalue weighted by atomic mass is 16.2. The Kier molecular flexibility index (Phi) is 4.17. The molecular formula is C13H24N2O2. The summed E-state index contributed by atoms with van der Waals surface area (Å²) in [4.78, 5) is 27.1. The Morgan fingerprint density at radius 1 is 1.18 bits per heavy atom. The molecule has 0 aromatic carbocycles. The van der Waals surface area contributed by atoms with Gasteiger partial charge in [0.15, 0.2) is 0 Å². The number of carbonyl (C=O) groups is 2. The van der Waals surface area contributed by atoms with Crippen LogP contribution in [0.5, 0.6) is 0 Å². The third-order valence-electron chi connectivity index (χ3n) is 3.63. The number of rotatable bonds is 1. The summed E-state index contributed by atoms with van der Waals surface area (Å²) < 4.78 is 0. The molecule has 1 saturated heterocycles. The fraction of sp³-hybridized carbons (Fsp3) is 0.846. The van der Waals surface area contributed by atoms with Gasteiger partial charge < -0.3 is 9.80 Å². The van der Waals surface area contributed by atoms with Gasteiger partial charge in [-0.15, -0.1) is 0 Å². The average Bonchev–Trinajstić information content (AvgIpc) is 2.26. The van der Waals surface area contributed by atoms with E-state index in [4.69, 9.17) is 0 Å². The maximum atomic E-state index is 12.2. The third-order valence-corrected chi connectivity index (χ3v) is 3.63. The second kappa shape index (κ2) is 5.07. The maximum absolute atomic E-state index is 12.2. The number of piperidine rings is 1. The lowest BCUT2D eigenvalue weighted by atomic mass is 9.93. The summed E-state index contributed by atoms with van der Waals surface area (Å²) in [7, 11) is 1.86. The Morgan fingerprint density at radius 3 is 2.00 bits per heavy atom. The van der Waals surface area contributed by atoms with Gasteiger partial charge in [0, 0.05) is 38.5 Å². The van der Waals surface area contributed by atoms with Crippen molar-refractivity contribution in [2.75, 3.05) is 20.1 Å². The predicted molar refractivity (Wildman–Crippen MR) is 67.5 cm³/mol. The van der Waals surface area contributed by atoms with E-state index in [1.807, 2.05) is 37.6 Å². The number of carbonyl (C=O) groups excluding carboxylic acids is 2. The minimum Gasteiger partial charge on any atom is -0.343 e. The second-order valence-corrected chi connectivity index (χ2v) is 5.85. The van der Waals surface area contributed by atoms with Crippen LogP contribution >= 0.6 is 0 Å². The molecule has 0 N–H and O–H groups in total. The van der Waals surface area contributed by atoms with E-state index in [1.165, 1.54) is 0 Å². The van der Waals surface area contributed by atoms with Gasteiger partial charge in [-0.2, -0.15) is 0 Å². The average molecular weight is 240 g/mol. The molecule has 0 aromatic rings. The Bertz CT molecular complexity index is 299. The van der Waals surface area contributed by atoms with Crippen molar-refractivity contribution in [3.63, 3.8) is 0 Å². The topological polar surface area (TPSA) is 40.6 Å². The Labute approximate surface area is 104 Å². The standard InChI is InChI=1S/C13H24N2O2/c1-10(16)15-8-6-11(7-9-15)12(17)14(5)13(2,3)4/h11H,6-9H2,1-5H3. The van der Waals surface area contributed by atoms with Crippen molar-refractivity contribution < 1.29 is 9.59 Å². The van der Waals surface area contributed by atoms with E-state index in [0.29, 0.717) is 13.1 Å². The number of nitrogens with zero attached hydrogens (tertiary/aromatic N) is 2. The van der Waals surface area contributed by atoms with Crippen molar-refractivity contribution in [1.29, 1.82) is 0 Å². The van der Waals surface area contributed by atoms with Gasteiger partial charge in [0.1, 0.15) is 0 Å². The minimum atomic E-state index is -0.130. The van der Waals surface area contributed by atoms with Crippen LogP contribution in [0.25, 0.3) is 0 Å². The molecule has 0 aliphatic carbocycles. The molecule has 0 saturated carbocycles. The van der Waals surface area contributed by atoms with E-state index in [0.717, 1.165) is 12.8 Å². The summed E-state index contributed by atoms with van der Waals surface area (Å²) in [5.74, 6) is 0.399. The van der Waals surface area contributed by atoms with Crippen LogP contribution in [0.15, 0.2) is 0 Å². The summed E-state index contributed by atoms with van der Waals surface area (Å²) in [6, 6.07) is 0. The second-order valence-electron chi connectivity index (χ2n) is 5.85. The molecule has 4 nitrogen and oxygen atoms in total. The summed E-state index contributed by atoms with van der Waals surface area (Å²) in [6.07, 6.45) is 1.58. The van der Waals surface area contributed by atoms with Crippen molar-refractivity contribution in [3.05, 3.63) is 0 Å². The van der Waals surface area contributed by atoms with Crippen molar-refractivity contribution in [1.82, 2.24) is 9.80 Å². The summed E-state index contributed by atoms with van der Waals surface area (Å²) >= 11 is 0. The predicted octanol–water partition coefficient (Wildman–Crippen LogP) is 1.50. The van der Waals surface area contributed by atoms with Gasteiger partial charge in [0.25, 0.3) is 0 Å². The molecule has 0 spiro atoms. The molecule has 1 fully saturated rings. The van der Waals surface area contributed by atoms with Crippen LogP contribution in [0.2, 0.25) is 0 Å². The van der Waals surface area contributed by atoms with Gasteiger partial charge in [-0.3, -0.25) is 9.59 Å². The molecule has 0 aromatic heterocycles. The lowest BCUT2D eigenvalue weighted by molar-refractivity contribution is -0.142. The molecular weight excluding hydrogens is 216 g/mol. The largest absolute Gasteiger partial charge is 0.343 e. The molecule has 1 heterocycles. The zero-order valence-electron chi connectivity index (χ0n) is 11.6. The van der Waals surface area contributed by atoms with E-state index >= 15 is 0 Å². The highest BCUT2D eigenvalue weighted by Crippen LogP contribution is 2.22. The molecule has 0 radical (unpaired) electrons. The normalized spacial score (nSPS) is 18.1. The quantitative estimate of drug-likeness (QED) is 0.697. The van der Waals surface area contributed by atoms with E-state index in [1.54, 1.807) is 6.92 Å². The first kappa shape index (κ1) is 14.0. The van der Waals surface area contributed by atoms with Gasteiger partial charge >= 0.3 is 0 Å². The van der Waals surface area contributed by atoms with Gasteiger partial charge in [-0.25, -0.2) is 0 Å².